The largest absolute Gasteiger partial charge is 0.477 e. The van der Waals surface area contributed by atoms with Gasteiger partial charge in [-0.1, -0.05) is 19.3 Å². The van der Waals surface area contributed by atoms with Crippen molar-refractivity contribution in [3.63, 3.8) is 0 Å². The Morgan fingerprint density at radius 3 is 2.29 bits per heavy atom. The topological polar surface area (TPSA) is 66.4 Å². The van der Waals surface area contributed by atoms with Crippen LogP contribution in [0.25, 0.3) is 0 Å². The molecule has 0 saturated heterocycles. The average Bonchev–Trinajstić information content (AvgIpc) is 2.37. The second-order valence-corrected chi connectivity index (χ2v) is 6.12. The summed E-state index contributed by atoms with van der Waals surface area (Å²) in [5.41, 5.74) is 0. The minimum absolute atomic E-state index is 0.0454. The zero-order chi connectivity index (χ0) is 16.1. The van der Waals surface area contributed by atoms with Crippen LogP contribution in [0.2, 0.25) is 0 Å². The Bertz CT molecular complexity index is 309. The number of alkyl halides is 1. The van der Waals surface area contributed by atoms with Crippen LogP contribution in [0.3, 0.4) is 0 Å². The third-order valence-electron chi connectivity index (χ3n) is 3.36. The maximum atomic E-state index is 11.9. The summed E-state index contributed by atoms with van der Waals surface area (Å²) in [6, 6.07) is 0. The number of aliphatic carboxylic acids is 1. The first-order valence-corrected chi connectivity index (χ1v) is 7.74. The van der Waals surface area contributed by atoms with Gasteiger partial charge in [-0.15, -0.1) is 0 Å². The minimum Gasteiger partial charge on any atom is -0.477 e. The molecule has 0 aromatic rings. The number of nitrogens with one attached hydrogen (secondary N) is 1. The third-order valence-corrected chi connectivity index (χ3v) is 3.36. The summed E-state index contributed by atoms with van der Waals surface area (Å²) in [5, 5.41) is 11.6. The van der Waals surface area contributed by atoms with Gasteiger partial charge in [-0.3, -0.25) is 9.18 Å². The molecule has 0 fully saturated rings. The Balaban J connectivity index is 3.51. The number of carbonyl (C=O) groups excluding carboxylic acids is 1. The predicted molar refractivity (Wildman–Crippen MR) is 80.8 cm³/mol. The molecule has 0 aromatic carbocycles. The number of nitrogens with zero attached hydrogens (tertiary/aromatic N) is 1. The molecule has 0 aliphatic rings. The normalized spacial score (nSPS) is 11.4. The van der Waals surface area contributed by atoms with Crippen LogP contribution in [0.15, 0.2) is 0 Å². The van der Waals surface area contributed by atoms with E-state index in [1.165, 1.54) is 0 Å². The van der Waals surface area contributed by atoms with E-state index in [4.69, 9.17) is 5.11 Å². The Kier molecular flexibility index (Phi) is 10.8. The summed E-state index contributed by atoms with van der Waals surface area (Å²) in [4.78, 5) is 22.2. The van der Waals surface area contributed by atoms with E-state index in [2.05, 4.69) is 5.32 Å². The minimum atomic E-state index is -0.809. The van der Waals surface area contributed by atoms with E-state index in [1.807, 2.05) is 14.1 Å². The number of amides is 1. The first-order valence-electron chi connectivity index (χ1n) is 7.74. The molecule has 21 heavy (non-hydrogen) atoms. The zero-order valence-corrected chi connectivity index (χ0v) is 13.4. The van der Waals surface area contributed by atoms with E-state index in [1.54, 1.807) is 0 Å². The first-order chi connectivity index (χ1) is 9.87. The Morgan fingerprint density at radius 1 is 1.05 bits per heavy atom. The van der Waals surface area contributed by atoms with Gasteiger partial charge < -0.3 is 14.9 Å². The highest BCUT2D eigenvalue weighted by Gasteiger charge is 2.18. The second kappa shape index (κ2) is 11.5. The summed E-state index contributed by atoms with van der Waals surface area (Å²) in [6.07, 6.45) is 5.60. The van der Waals surface area contributed by atoms with Crippen molar-refractivity contribution in [1.29, 1.82) is 0 Å². The van der Waals surface area contributed by atoms with Crippen LogP contribution in [-0.2, 0) is 9.59 Å². The van der Waals surface area contributed by atoms with E-state index in [-0.39, 0.29) is 19.1 Å². The SMILES string of the molecule is C[N+](C)(CCCNC(=O)CCCCCCCF)CC(=O)O. The summed E-state index contributed by atoms with van der Waals surface area (Å²) in [6.45, 7) is 1.14. The first kappa shape index (κ1) is 19.8. The highest BCUT2D eigenvalue weighted by Crippen LogP contribution is 2.05. The van der Waals surface area contributed by atoms with Gasteiger partial charge in [0.2, 0.25) is 5.91 Å². The maximum Gasteiger partial charge on any atom is 0.359 e. The number of rotatable bonds is 13. The number of hydrogen-bond donors (Lipinski definition) is 2. The number of quaternary nitrogens is 1. The monoisotopic (exact) mass is 305 g/mol. The quantitative estimate of drug-likeness (QED) is 0.404. The van der Waals surface area contributed by atoms with Gasteiger partial charge in [-0.05, 0) is 12.8 Å². The van der Waals surface area contributed by atoms with Crippen LogP contribution in [0.4, 0.5) is 4.39 Å². The van der Waals surface area contributed by atoms with Gasteiger partial charge >= 0.3 is 5.97 Å². The van der Waals surface area contributed by atoms with Crippen molar-refractivity contribution in [2.45, 2.75) is 44.9 Å². The molecule has 0 aromatic heterocycles. The van der Waals surface area contributed by atoms with Crippen molar-refractivity contribution in [3.8, 4) is 0 Å². The van der Waals surface area contributed by atoms with Gasteiger partial charge in [-0.25, -0.2) is 4.79 Å². The molecule has 0 spiro atoms. The van der Waals surface area contributed by atoms with Crippen molar-refractivity contribution < 1.29 is 23.6 Å². The fraction of sp³-hybridized carbons (Fsp3) is 0.867. The van der Waals surface area contributed by atoms with Crippen molar-refractivity contribution >= 4 is 11.9 Å². The van der Waals surface area contributed by atoms with Crippen molar-refractivity contribution in [2.24, 2.45) is 0 Å². The lowest BCUT2D eigenvalue weighted by molar-refractivity contribution is -0.883. The molecule has 0 bridgehead atoms. The van der Waals surface area contributed by atoms with Crippen LogP contribution in [0, 0.1) is 0 Å². The van der Waals surface area contributed by atoms with Crippen molar-refractivity contribution in [3.05, 3.63) is 0 Å². The van der Waals surface area contributed by atoms with Crippen LogP contribution < -0.4 is 5.32 Å². The molecular formula is C15H30FN2O3+. The average molecular weight is 305 g/mol. The van der Waals surface area contributed by atoms with E-state index in [0.717, 1.165) is 38.6 Å². The molecule has 0 atom stereocenters. The highest BCUT2D eigenvalue weighted by atomic mass is 19.1. The lowest BCUT2D eigenvalue weighted by Gasteiger charge is -2.27. The number of halogens is 1. The number of carboxylic acid groups (broad SMARTS) is 1. The molecule has 5 nitrogen and oxygen atoms in total. The molecule has 0 aliphatic carbocycles. The molecule has 6 heteroatoms. The van der Waals surface area contributed by atoms with Crippen molar-refractivity contribution in [2.75, 3.05) is 40.4 Å². The van der Waals surface area contributed by atoms with Gasteiger partial charge in [0.15, 0.2) is 6.54 Å². The Labute approximate surface area is 127 Å². The highest BCUT2D eigenvalue weighted by molar-refractivity contribution is 5.75. The number of likely N-dealkylation sites (N-methyl/N-ethyl adjacent to an activating group) is 1. The molecule has 0 saturated carbocycles. The van der Waals surface area contributed by atoms with Gasteiger partial charge in [0.05, 0.1) is 27.3 Å². The maximum absolute atomic E-state index is 11.9. The molecule has 0 radical (unpaired) electrons. The predicted octanol–water partition coefficient (Wildman–Crippen LogP) is 1.96. The number of hydrogen-bond acceptors (Lipinski definition) is 2. The van der Waals surface area contributed by atoms with Gasteiger partial charge in [0, 0.05) is 19.4 Å². The second-order valence-electron chi connectivity index (χ2n) is 6.12. The summed E-state index contributed by atoms with van der Waals surface area (Å²) >= 11 is 0. The lowest BCUT2D eigenvalue weighted by atomic mass is 10.1. The molecule has 1 amide bonds. The molecular weight excluding hydrogens is 275 g/mol. The molecule has 0 unspecified atom stereocenters. The number of unbranched alkanes of at least 4 members (excludes halogenated alkanes) is 4. The molecule has 2 N–H and O–H groups in total. The number of carboxylic acids is 1. The summed E-state index contributed by atoms with van der Waals surface area (Å²) in [7, 11) is 3.74. The smallest absolute Gasteiger partial charge is 0.359 e. The van der Waals surface area contributed by atoms with Crippen LogP contribution in [0.1, 0.15) is 44.9 Å². The van der Waals surface area contributed by atoms with E-state index in [0.29, 0.717) is 23.9 Å². The molecule has 0 aliphatic heterocycles. The zero-order valence-electron chi connectivity index (χ0n) is 13.4. The van der Waals surface area contributed by atoms with Crippen molar-refractivity contribution in [1.82, 2.24) is 5.32 Å². The molecule has 0 rings (SSSR count). The van der Waals surface area contributed by atoms with Gasteiger partial charge in [-0.2, -0.15) is 0 Å². The van der Waals surface area contributed by atoms with Gasteiger partial charge in [0.25, 0.3) is 0 Å². The van der Waals surface area contributed by atoms with Crippen LogP contribution >= 0.6 is 0 Å². The number of carbonyl (C=O) groups is 2. The van der Waals surface area contributed by atoms with Gasteiger partial charge in [0.1, 0.15) is 0 Å². The standard InChI is InChI=1S/C15H29FN2O3/c1-18(2,13-15(20)21)12-8-11-17-14(19)9-6-4-3-5-7-10-16/h3-13H2,1-2H3,(H-,17,19,20,21)/p+1. The van der Waals surface area contributed by atoms with Crippen LogP contribution in [0.5, 0.6) is 0 Å². The van der Waals surface area contributed by atoms with Crippen LogP contribution in [-0.4, -0.2) is 61.9 Å². The lowest BCUT2D eigenvalue weighted by Crippen LogP contribution is -2.45. The molecule has 0 heterocycles. The van der Waals surface area contributed by atoms with E-state index in [9.17, 15) is 14.0 Å². The fourth-order valence-corrected chi connectivity index (χ4v) is 2.18. The summed E-state index contributed by atoms with van der Waals surface area (Å²) in [5.74, 6) is -0.763. The van der Waals surface area contributed by atoms with E-state index < -0.39 is 5.97 Å². The Morgan fingerprint density at radius 2 is 1.67 bits per heavy atom. The molecule has 124 valence electrons. The third kappa shape index (κ3) is 13.6. The summed E-state index contributed by atoms with van der Waals surface area (Å²) < 4.78 is 12.3. The Hall–Kier alpha value is -1.17. The van der Waals surface area contributed by atoms with E-state index >= 15 is 0 Å². The fourth-order valence-electron chi connectivity index (χ4n) is 2.18.